The third kappa shape index (κ3) is 4.56. The van der Waals surface area contributed by atoms with Crippen LogP contribution in [0.4, 0.5) is 0 Å². The maximum absolute atomic E-state index is 12.6. The van der Waals surface area contributed by atoms with E-state index in [9.17, 15) is 8.42 Å². The van der Waals surface area contributed by atoms with Crippen LogP contribution in [-0.2, 0) is 10.0 Å². The highest BCUT2D eigenvalue weighted by molar-refractivity contribution is 9.10. The first-order chi connectivity index (χ1) is 9.55. The van der Waals surface area contributed by atoms with E-state index in [1.165, 1.54) is 4.31 Å². The Bertz CT molecular complexity index is 561. The van der Waals surface area contributed by atoms with Gasteiger partial charge in [0.15, 0.2) is 0 Å². The third-order valence-corrected chi connectivity index (χ3v) is 5.65. The minimum atomic E-state index is -3.43. The second kappa shape index (κ2) is 8.33. The zero-order valence-corrected chi connectivity index (χ0v) is 15.1. The fourth-order valence-corrected chi connectivity index (χ4v) is 4.28. The number of hydrogen-bond acceptors (Lipinski definition) is 4. The quantitative estimate of drug-likeness (QED) is 0.844. The van der Waals surface area contributed by atoms with Gasteiger partial charge in [-0.1, -0.05) is 0 Å². The topological polar surface area (TPSA) is 58.6 Å². The maximum Gasteiger partial charge on any atom is 0.243 e. The standard InChI is InChI=1S/C13H19BrN2O3S.ClH/c1-2-19-13-5-4-11(10-12(13)14)20(17,18)16-8-3-6-15-7-9-16;/h4-5,10,15H,2-3,6-9H2,1H3;1H. The van der Waals surface area contributed by atoms with E-state index in [2.05, 4.69) is 21.2 Å². The summed E-state index contributed by atoms with van der Waals surface area (Å²) in [5, 5.41) is 3.20. The van der Waals surface area contributed by atoms with Crippen LogP contribution >= 0.6 is 28.3 Å². The summed E-state index contributed by atoms with van der Waals surface area (Å²) in [5.41, 5.74) is 0. The molecule has 1 aliphatic heterocycles. The van der Waals surface area contributed by atoms with Crippen molar-refractivity contribution >= 4 is 38.4 Å². The second-order valence-corrected chi connectivity index (χ2v) is 7.33. The molecule has 1 saturated heterocycles. The Balaban J connectivity index is 0.00000220. The predicted molar refractivity (Wildman–Crippen MR) is 88.8 cm³/mol. The molecule has 0 radical (unpaired) electrons. The van der Waals surface area contributed by atoms with Crippen molar-refractivity contribution < 1.29 is 13.2 Å². The third-order valence-electron chi connectivity index (χ3n) is 3.14. The van der Waals surface area contributed by atoms with Gasteiger partial charge in [-0.2, -0.15) is 4.31 Å². The van der Waals surface area contributed by atoms with E-state index in [-0.39, 0.29) is 12.4 Å². The highest BCUT2D eigenvalue weighted by Crippen LogP contribution is 2.29. The van der Waals surface area contributed by atoms with E-state index in [1.54, 1.807) is 18.2 Å². The van der Waals surface area contributed by atoms with Gasteiger partial charge in [0.2, 0.25) is 10.0 Å². The molecule has 0 aliphatic carbocycles. The van der Waals surface area contributed by atoms with Crippen LogP contribution in [0, 0.1) is 0 Å². The lowest BCUT2D eigenvalue weighted by Crippen LogP contribution is -2.34. The summed E-state index contributed by atoms with van der Waals surface area (Å²) >= 11 is 3.36. The van der Waals surface area contributed by atoms with Crippen molar-refractivity contribution in [2.45, 2.75) is 18.2 Å². The van der Waals surface area contributed by atoms with Crippen molar-refractivity contribution in [2.75, 3.05) is 32.8 Å². The first-order valence-electron chi connectivity index (χ1n) is 6.69. The van der Waals surface area contributed by atoms with E-state index >= 15 is 0 Å². The van der Waals surface area contributed by atoms with Crippen LogP contribution in [-0.4, -0.2) is 45.5 Å². The summed E-state index contributed by atoms with van der Waals surface area (Å²) in [6.07, 6.45) is 0.831. The number of hydrogen-bond donors (Lipinski definition) is 1. The molecule has 1 N–H and O–H groups in total. The van der Waals surface area contributed by atoms with Crippen molar-refractivity contribution in [3.63, 3.8) is 0 Å². The lowest BCUT2D eigenvalue weighted by atomic mass is 10.3. The van der Waals surface area contributed by atoms with E-state index in [4.69, 9.17) is 4.74 Å². The molecular weight excluding hydrogens is 380 g/mol. The molecule has 1 aromatic carbocycles. The van der Waals surface area contributed by atoms with Crippen LogP contribution in [0.15, 0.2) is 27.6 Å². The Labute approximate surface area is 140 Å². The van der Waals surface area contributed by atoms with Crippen LogP contribution in [0.1, 0.15) is 13.3 Å². The van der Waals surface area contributed by atoms with Gasteiger partial charge in [0.1, 0.15) is 5.75 Å². The molecule has 1 aliphatic rings. The van der Waals surface area contributed by atoms with E-state index in [0.717, 1.165) is 13.0 Å². The molecule has 1 fully saturated rings. The predicted octanol–water partition coefficient (Wildman–Crippen LogP) is 2.25. The SMILES string of the molecule is CCOc1ccc(S(=O)(=O)N2CCCNCC2)cc1Br.Cl. The number of nitrogens with one attached hydrogen (secondary N) is 1. The van der Waals surface area contributed by atoms with Gasteiger partial charge in [-0.15, -0.1) is 12.4 Å². The number of rotatable bonds is 4. The average molecular weight is 400 g/mol. The van der Waals surface area contributed by atoms with E-state index in [0.29, 0.717) is 41.4 Å². The van der Waals surface area contributed by atoms with Crippen molar-refractivity contribution in [3.8, 4) is 5.75 Å². The lowest BCUT2D eigenvalue weighted by Gasteiger charge is -2.20. The molecule has 0 saturated carbocycles. The number of nitrogens with zero attached hydrogens (tertiary/aromatic N) is 1. The highest BCUT2D eigenvalue weighted by Gasteiger charge is 2.25. The van der Waals surface area contributed by atoms with Gasteiger partial charge in [-0.05, 0) is 54.0 Å². The van der Waals surface area contributed by atoms with Gasteiger partial charge in [-0.25, -0.2) is 8.42 Å². The zero-order valence-electron chi connectivity index (χ0n) is 11.8. The van der Waals surface area contributed by atoms with Crippen LogP contribution < -0.4 is 10.1 Å². The average Bonchev–Trinajstić information content (AvgIpc) is 2.70. The molecule has 0 bridgehead atoms. The summed E-state index contributed by atoms with van der Waals surface area (Å²) in [4.78, 5) is 0.301. The van der Waals surface area contributed by atoms with Crippen LogP contribution in [0.3, 0.4) is 0 Å². The molecule has 8 heteroatoms. The second-order valence-electron chi connectivity index (χ2n) is 4.53. The molecule has 1 heterocycles. The maximum atomic E-state index is 12.6. The lowest BCUT2D eigenvalue weighted by molar-refractivity contribution is 0.338. The Morgan fingerprint density at radius 2 is 2.10 bits per heavy atom. The summed E-state index contributed by atoms with van der Waals surface area (Å²) < 4.78 is 32.8. The molecule has 1 aromatic rings. The normalized spacial score (nSPS) is 16.9. The Morgan fingerprint density at radius 3 is 2.76 bits per heavy atom. The van der Waals surface area contributed by atoms with Crippen molar-refractivity contribution in [2.24, 2.45) is 0 Å². The summed E-state index contributed by atoms with van der Waals surface area (Å²) in [7, 11) is -3.43. The van der Waals surface area contributed by atoms with Gasteiger partial charge in [-0.3, -0.25) is 0 Å². The van der Waals surface area contributed by atoms with E-state index < -0.39 is 10.0 Å². The van der Waals surface area contributed by atoms with Gasteiger partial charge < -0.3 is 10.1 Å². The number of benzene rings is 1. The molecule has 5 nitrogen and oxygen atoms in total. The van der Waals surface area contributed by atoms with Crippen molar-refractivity contribution in [3.05, 3.63) is 22.7 Å². The Morgan fingerprint density at radius 1 is 1.33 bits per heavy atom. The summed E-state index contributed by atoms with van der Waals surface area (Å²) in [5.74, 6) is 0.656. The molecule has 0 aromatic heterocycles. The van der Waals surface area contributed by atoms with Gasteiger partial charge in [0.05, 0.1) is 16.0 Å². The molecule has 0 atom stereocenters. The molecule has 0 amide bonds. The van der Waals surface area contributed by atoms with Crippen LogP contribution in [0.5, 0.6) is 5.75 Å². The number of sulfonamides is 1. The monoisotopic (exact) mass is 398 g/mol. The van der Waals surface area contributed by atoms with Crippen LogP contribution in [0.2, 0.25) is 0 Å². The zero-order chi connectivity index (χ0) is 14.6. The molecule has 21 heavy (non-hydrogen) atoms. The molecule has 120 valence electrons. The minimum Gasteiger partial charge on any atom is -0.493 e. The largest absolute Gasteiger partial charge is 0.493 e. The van der Waals surface area contributed by atoms with E-state index in [1.807, 2.05) is 6.92 Å². The smallest absolute Gasteiger partial charge is 0.243 e. The van der Waals surface area contributed by atoms with Crippen LogP contribution in [0.25, 0.3) is 0 Å². The fourth-order valence-electron chi connectivity index (χ4n) is 2.12. The molecule has 2 rings (SSSR count). The van der Waals surface area contributed by atoms with Gasteiger partial charge in [0, 0.05) is 19.6 Å². The highest BCUT2D eigenvalue weighted by atomic mass is 79.9. The molecule has 0 unspecified atom stereocenters. The van der Waals surface area contributed by atoms with Crippen molar-refractivity contribution in [1.29, 1.82) is 0 Å². The fraction of sp³-hybridized carbons (Fsp3) is 0.538. The number of halogens is 2. The van der Waals surface area contributed by atoms with Crippen molar-refractivity contribution in [1.82, 2.24) is 9.62 Å². The summed E-state index contributed by atoms with van der Waals surface area (Å²) in [6, 6.07) is 4.90. The van der Waals surface area contributed by atoms with Gasteiger partial charge >= 0.3 is 0 Å². The number of ether oxygens (including phenoxy) is 1. The first-order valence-corrected chi connectivity index (χ1v) is 8.92. The van der Waals surface area contributed by atoms with Gasteiger partial charge in [0.25, 0.3) is 0 Å². The minimum absolute atomic E-state index is 0. The Kier molecular flexibility index (Phi) is 7.42. The molecular formula is C13H20BrClN2O3S. The first kappa shape index (κ1) is 18.7. The Hall–Kier alpha value is -0.340. The molecule has 0 spiro atoms. The summed E-state index contributed by atoms with van der Waals surface area (Å²) in [6.45, 7) is 5.05.